The molecule has 1 N–H and O–H groups in total. The smallest absolute Gasteiger partial charge is 0.207 e. The normalized spacial score (nSPS) is 15.0. The Labute approximate surface area is 115 Å². The van der Waals surface area contributed by atoms with E-state index >= 15 is 0 Å². The Morgan fingerprint density at radius 1 is 1.32 bits per heavy atom. The number of hydrogen-bond donors (Lipinski definition) is 1. The number of nitrogens with one attached hydrogen (secondary N) is 1. The monoisotopic (exact) mass is 280 g/mol. The maximum Gasteiger partial charge on any atom is 0.242 e. The lowest BCUT2D eigenvalue weighted by Crippen LogP contribution is -2.48. The first-order chi connectivity index (χ1) is 8.62. The van der Waals surface area contributed by atoms with E-state index in [4.69, 9.17) is 0 Å². The van der Waals surface area contributed by atoms with Crippen LogP contribution in [-0.4, -0.2) is 14.0 Å². The summed E-state index contributed by atoms with van der Waals surface area (Å²) in [6, 6.07) is 7.18. The molecule has 1 aromatic rings. The van der Waals surface area contributed by atoms with Gasteiger partial charge in [-0.15, -0.1) is 0 Å². The molecule has 0 aliphatic heterocycles. The van der Waals surface area contributed by atoms with Crippen LogP contribution >= 0.6 is 0 Å². The predicted molar refractivity (Wildman–Crippen MR) is 75.1 cm³/mol. The summed E-state index contributed by atoms with van der Waals surface area (Å²) in [6.45, 7) is 8.88. The van der Waals surface area contributed by atoms with E-state index in [9.17, 15) is 13.7 Å². The zero-order valence-corrected chi connectivity index (χ0v) is 12.8. The molecule has 0 spiro atoms. The van der Waals surface area contributed by atoms with Gasteiger partial charge < -0.3 is 0 Å². The van der Waals surface area contributed by atoms with Crippen molar-refractivity contribution in [3.05, 3.63) is 29.3 Å². The van der Waals surface area contributed by atoms with Gasteiger partial charge in [-0.05, 0) is 38.3 Å². The van der Waals surface area contributed by atoms with Crippen molar-refractivity contribution < 1.29 is 8.42 Å². The minimum Gasteiger partial charge on any atom is -0.207 e. The van der Waals surface area contributed by atoms with Crippen molar-refractivity contribution in [2.75, 3.05) is 0 Å². The largest absolute Gasteiger partial charge is 0.242 e. The molecule has 0 fully saturated rings. The maximum atomic E-state index is 12.4. The minimum absolute atomic E-state index is 0.127. The number of benzene rings is 1. The van der Waals surface area contributed by atoms with Gasteiger partial charge in [-0.3, -0.25) is 0 Å². The molecule has 0 amide bonds. The second-order valence-electron chi connectivity index (χ2n) is 5.34. The molecule has 0 radical (unpaired) electrons. The van der Waals surface area contributed by atoms with E-state index < -0.39 is 15.6 Å². The van der Waals surface area contributed by atoms with Crippen molar-refractivity contribution in [1.29, 1.82) is 5.26 Å². The lowest BCUT2D eigenvalue weighted by Gasteiger charge is -2.27. The Balaban J connectivity index is 3.23. The Bertz CT molecular complexity index is 615. The van der Waals surface area contributed by atoms with Gasteiger partial charge in [-0.2, -0.15) is 9.98 Å². The molecule has 5 heteroatoms. The van der Waals surface area contributed by atoms with Crippen molar-refractivity contribution in [2.24, 2.45) is 5.92 Å². The fourth-order valence-corrected chi connectivity index (χ4v) is 3.38. The molecule has 104 valence electrons. The average molecular weight is 280 g/mol. The van der Waals surface area contributed by atoms with Gasteiger partial charge in [0.1, 0.15) is 5.54 Å². The molecule has 0 heterocycles. The molecular formula is C14H20N2O2S. The van der Waals surface area contributed by atoms with Crippen molar-refractivity contribution in [3.63, 3.8) is 0 Å². The van der Waals surface area contributed by atoms with Crippen molar-refractivity contribution >= 4 is 10.0 Å². The lowest BCUT2D eigenvalue weighted by atomic mass is 9.92. The molecule has 19 heavy (non-hydrogen) atoms. The zero-order valence-electron chi connectivity index (χ0n) is 12.0. The molecule has 1 rings (SSSR count). The molecule has 0 saturated heterocycles. The fourth-order valence-electron chi connectivity index (χ4n) is 1.70. The molecule has 0 saturated carbocycles. The summed E-state index contributed by atoms with van der Waals surface area (Å²) in [5, 5.41) is 9.20. The molecule has 0 bridgehead atoms. The van der Waals surface area contributed by atoms with E-state index in [0.717, 1.165) is 5.56 Å². The second-order valence-corrected chi connectivity index (χ2v) is 6.99. The Morgan fingerprint density at radius 3 is 2.32 bits per heavy atom. The van der Waals surface area contributed by atoms with Crippen LogP contribution in [0.3, 0.4) is 0 Å². The van der Waals surface area contributed by atoms with Crippen LogP contribution in [-0.2, 0) is 10.0 Å². The summed E-state index contributed by atoms with van der Waals surface area (Å²) < 4.78 is 27.3. The summed E-state index contributed by atoms with van der Waals surface area (Å²) >= 11 is 0. The van der Waals surface area contributed by atoms with Crippen LogP contribution in [0, 0.1) is 31.1 Å². The fraction of sp³-hybridized carbons (Fsp3) is 0.500. The first kappa shape index (κ1) is 15.7. The van der Waals surface area contributed by atoms with E-state index in [1.54, 1.807) is 26.0 Å². The second kappa shape index (κ2) is 5.32. The summed E-state index contributed by atoms with van der Waals surface area (Å²) in [5.41, 5.74) is 0.566. The van der Waals surface area contributed by atoms with Crippen LogP contribution in [0.1, 0.15) is 31.9 Å². The Hall–Kier alpha value is -1.38. The lowest BCUT2D eigenvalue weighted by molar-refractivity contribution is 0.388. The van der Waals surface area contributed by atoms with Crippen LogP contribution in [0.4, 0.5) is 0 Å². The quantitative estimate of drug-likeness (QED) is 0.921. The first-order valence-electron chi connectivity index (χ1n) is 6.15. The Morgan fingerprint density at radius 2 is 1.89 bits per heavy atom. The molecule has 0 unspecified atom stereocenters. The van der Waals surface area contributed by atoms with Gasteiger partial charge in [0, 0.05) is 0 Å². The molecule has 0 aromatic heterocycles. The number of hydrogen-bond acceptors (Lipinski definition) is 3. The molecule has 1 atom stereocenters. The van der Waals surface area contributed by atoms with Crippen LogP contribution in [0.15, 0.2) is 23.1 Å². The zero-order chi connectivity index (χ0) is 14.8. The highest BCUT2D eigenvalue weighted by atomic mass is 32.2. The van der Waals surface area contributed by atoms with Gasteiger partial charge in [-0.25, -0.2) is 8.42 Å². The molecule has 1 aromatic carbocycles. The van der Waals surface area contributed by atoms with Gasteiger partial charge in [0.25, 0.3) is 0 Å². The van der Waals surface area contributed by atoms with E-state index in [1.165, 1.54) is 0 Å². The number of sulfonamides is 1. The van der Waals surface area contributed by atoms with Gasteiger partial charge in [0.15, 0.2) is 0 Å². The van der Waals surface area contributed by atoms with Crippen LogP contribution in [0.25, 0.3) is 0 Å². The summed E-state index contributed by atoms with van der Waals surface area (Å²) in [7, 11) is -3.69. The number of nitrogens with zero attached hydrogens (tertiary/aromatic N) is 1. The van der Waals surface area contributed by atoms with Gasteiger partial charge in [0.2, 0.25) is 10.0 Å². The van der Waals surface area contributed by atoms with Crippen molar-refractivity contribution in [2.45, 2.75) is 45.1 Å². The summed E-state index contributed by atoms with van der Waals surface area (Å²) in [5.74, 6) is -0.127. The third-order valence-electron chi connectivity index (χ3n) is 3.35. The van der Waals surface area contributed by atoms with Gasteiger partial charge in [-0.1, -0.05) is 31.5 Å². The van der Waals surface area contributed by atoms with E-state index in [-0.39, 0.29) is 10.8 Å². The Kier molecular flexibility index (Phi) is 4.39. The molecule has 0 aliphatic carbocycles. The first-order valence-corrected chi connectivity index (χ1v) is 7.63. The van der Waals surface area contributed by atoms with Gasteiger partial charge >= 0.3 is 0 Å². The van der Waals surface area contributed by atoms with Crippen LogP contribution < -0.4 is 4.72 Å². The molecular weight excluding hydrogens is 260 g/mol. The highest BCUT2D eigenvalue weighted by Gasteiger charge is 2.34. The maximum absolute atomic E-state index is 12.4. The number of nitriles is 1. The van der Waals surface area contributed by atoms with Crippen molar-refractivity contribution in [1.82, 2.24) is 4.72 Å². The highest BCUT2D eigenvalue weighted by Crippen LogP contribution is 2.22. The molecule has 4 nitrogen and oxygen atoms in total. The number of aryl methyl sites for hydroxylation is 2. The summed E-state index contributed by atoms with van der Waals surface area (Å²) in [4.78, 5) is 0.222. The van der Waals surface area contributed by atoms with Gasteiger partial charge in [0.05, 0.1) is 11.0 Å². The van der Waals surface area contributed by atoms with Crippen molar-refractivity contribution in [3.8, 4) is 6.07 Å². The average Bonchev–Trinajstić information content (AvgIpc) is 2.27. The number of rotatable bonds is 4. The predicted octanol–water partition coefficient (Wildman–Crippen LogP) is 2.52. The molecule has 0 aliphatic rings. The van der Waals surface area contributed by atoms with Crippen LogP contribution in [0.5, 0.6) is 0 Å². The standard InChI is InChI=1S/C14H20N2O2S/c1-10(2)14(5,9-15)16-19(17,18)13-7-6-11(3)8-12(13)4/h6-8,10,16H,1-5H3/t14-/m1/s1. The van der Waals surface area contributed by atoms with Crippen LogP contribution in [0.2, 0.25) is 0 Å². The van der Waals surface area contributed by atoms with E-state index in [2.05, 4.69) is 4.72 Å². The minimum atomic E-state index is -3.69. The van der Waals surface area contributed by atoms with E-state index in [1.807, 2.05) is 32.9 Å². The topological polar surface area (TPSA) is 70.0 Å². The third kappa shape index (κ3) is 3.34. The highest BCUT2D eigenvalue weighted by molar-refractivity contribution is 7.89. The van der Waals surface area contributed by atoms with E-state index in [0.29, 0.717) is 5.56 Å². The third-order valence-corrected chi connectivity index (χ3v) is 5.08. The SMILES string of the molecule is Cc1ccc(S(=O)(=O)N[C@](C)(C#N)C(C)C)c(C)c1. The summed E-state index contributed by atoms with van der Waals surface area (Å²) in [6.07, 6.45) is 0.